The van der Waals surface area contributed by atoms with E-state index in [1.807, 2.05) is 20.0 Å². The van der Waals surface area contributed by atoms with E-state index in [4.69, 9.17) is 16.3 Å². The van der Waals surface area contributed by atoms with E-state index >= 15 is 0 Å². The van der Waals surface area contributed by atoms with E-state index in [2.05, 4.69) is 10.4 Å². The molecule has 8 heteroatoms. The highest BCUT2D eigenvalue weighted by Gasteiger charge is 2.22. The number of esters is 1. The van der Waals surface area contributed by atoms with Crippen LogP contribution < -0.4 is 5.32 Å². The number of amides is 1. The van der Waals surface area contributed by atoms with Crippen LogP contribution in [0.1, 0.15) is 33.4 Å². The van der Waals surface area contributed by atoms with Crippen LogP contribution in [0.3, 0.4) is 0 Å². The van der Waals surface area contributed by atoms with Crippen LogP contribution in [0.15, 0.2) is 30.3 Å². The van der Waals surface area contributed by atoms with Gasteiger partial charge in [-0.2, -0.15) is 5.10 Å². The van der Waals surface area contributed by atoms with Crippen LogP contribution in [0.25, 0.3) is 10.2 Å². The molecule has 1 amide bonds. The Labute approximate surface area is 159 Å². The molecule has 1 atom stereocenters. The molecule has 1 N–H and O–H groups in total. The molecule has 136 valence electrons. The summed E-state index contributed by atoms with van der Waals surface area (Å²) in [7, 11) is 3.17. The summed E-state index contributed by atoms with van der Waals surface area (Å²) >= 11 is 7.30. The molecule has 0 fully saturated rings. The largest absolute Gasteiger partial charge is 0.469 e. The first kappa shape index (κ1) is 18.4. The number of ether oxygens (including phenoxy) is 1. The normalized spacial score (nSPS) is 12.2. The molecule has 0 saturated carbocycles. The summed E-state index contributed by atoms with van der Waals surface area (Å²) in [5, 5.41) is 8.81. The number of thiophene rings is 1. The van der Waals surface area contributed by atoms with Gasteiger partial charge in [-0.3, -0.25) is 14.3 Å². The fourth-order valence-electron chi connectivity index (χ4n) is 2.74. The molecule has 0 aliphatic rings. The molecule has 0 radical (unpaired) electrons. The van der Waals surface area contributed by atoms with Crippen LogP contribution in [0, 0.1) is 6.92 Å². The van der Waals surface area contributed by atoms with Gasteiger partial charge in [0, 0.05) is 17.5 Å². The molecule has 0 aliphatic heterocycles. The van der Waals surface area contributed by atoms with E-state index in [1.165, 1.54) is 18.4 Å². The van der Waals surface area contributed by atoms with Gasteiger partial charge in [-0.1, -0.05) is 23.7 Å². The number of hydrogen-bond donors (Lipinski definition) is 1. The van der Waals surface area contributed by atoms with E-state index in [9.17, 15) is 9.59 Å². The van der Waals surface area contributed by atoms with Crippen LogP contribution >= 0.6 is 22.9 Å². The van der Waals surface area contributed by atoms with Gasteiger partial charge in [0.2, 0.25) is 0 Å². The minimum atomic E-state index is -0.503. The van der Waals surface area contributed by atoms with Gasteiger partial charge in [0.15, 0.2) is 0 Å². The molecule has 0 saturated heterocycles. The van der Waals surface area contributed by atoms with Gasteiger partial charge < -0.3 is 10.1 Å². The Kier molecular flexibility index (Phi) is 5.29. The zero-order valence-corrected chi connectivity index (χ0v) is 16.1. The lowest BCUT2D eigenvalue weighted by molar-refractivity contribution is -0.141. The van der Waals surface area contributed by atoms with Crippen LogP contribution in [0.2, 0.25) is 5.02 Å². The third kappa shape index (κ3) is 3.73. The highest BCUT2D eigenvalue weighted by Crippen LogP contribution is 2.28. The van der Waals surface area contributed by atoms with Crippen molar-refractivity contribution in [3.8, 4) is 0 Å². The van der Waals surface area contributed by atoms with Crippen LogP contribution in [0.5, 0.6) is 0 Å². The van der Waals surface area contributed by atoms with Crippen molar-refractivity contribution >= 4 is 45.0 Å². The molecule has 1 aromatic carbocycles. The number of nitrogens with one attached hydrogen (secondary N) is 1. The number of hydrogen-bond acceptors (Lipinski definition) is 5. The van der Waals surface area contributed by atoms with Gasteiger partial charge in [-0.15, -0.1) is 11.3 Å². The van der Waals surface area contributed by atoms with Gasteiger partial charge >= 0.3 is 5.97 Å². The lowest BCUT2D eigenvalue weighted by Gasteiger charge is -2.18. The zero-order chi connectivity index (χ0) is 18.8. The molecule has 2 aromatic heterocycles. The van der Waals surface area contributed by atoms with Gasteiger partial charge in [-0.05, 0) is 30.7 Å². The van der Waals surface area contributed by atoms with E-state index in [0.29, 0.717) is 9.90 Å². The predicted molar refractivity (Wildman–Crippen MR) is 102 cm³/mol. The van der Waals surface area contributed by atoms with Gasteiger partial charge in [0.05, 0.1) is 30.1 Å². The number of methoxy groups -OCH3 is 1. The van der Waals surface area contributed by atoms with Crippen molar-refractivity contribution in [3.63, 3.8) is 0 Å². The monoisotopic (exact) mass is 391 g/mol. The first-order valence-electron chi connectivity index (χ1n) is 7.95. The van der Waals surface area contributed by atoms with Crippen molar-refractivity contribution in [1.82, 2.24) is 15.1 Å². The van der Waals surface area contributed by atoms with Crippen LogP contribution in [-0.4, -0.2) is 28.8 Å². The molecule has 0 spiro atoms. The molecular weight excluding hydrogens is 374 g/mol. The van der Waals surface area contributed by atoms with E-state index in [1.54, 1.807) is 28.9 Å². The number of carbonyl (C=O) groups excluding carboxylic acids is 2. The molecule has 26 heavy (non-hydrogen) atoms. The Morgan fingerprint density at radius 2 is 2.04 bits per heavy atom. The van der Waals surface area contributed by atoms with Crippen molar-refractivity contribution in [2.24, 2.45) is 7.05 Å². The van der Waals surface area contributed by atoms with Crippen molar-refractivity contribution in [2.45, 2.75) is 19.4 Å². The van der Waals surface area contributed by atoms with E-state index in [-0.39, 0.29) is 12.3 Å². The number of aryl methyl sites for hydroxylation is 2. The predicted octanol–water partition coefficient (Wildman–Crippen LogP) is 3.63. The van der Waals surface area contributed by atoms with Crippen molar-refractivity contribution < 1.29 is 14.3 Å². The summed E-state index contributed by atoms with van der Waals surface area (Å²) in [6, 6.07) is 8.35. The second kappa shape index (κ2) is 7.47. The molecule has 0 aliphatic carbocycles. The van der Waals surface area contributed by atoms with Gasteiger partial charge in [0.1, 0.15) is 4.83 Å². The molecule has 0 unspecified atom stereocenters. The average Bonchev–Trinajstić information content (AvgIpc) is 3.17. The number of halogens is 1. The fraction of sp³-hybridized carbons (Fsp3) is 0.278. The van der Waals surface area contributed by atoms with Gasteiger partial charge in [0.25, 0.3) is 5.91 Å². The summed E-state index contributed by atoms with van der Waals surface area (Å²) in [5.41, 5.74) is 1.66. The van der Waals surface area contributed by atoms with E-state index in [0.717, 1.165) is 21.5 Å². The van der Waals surface area contributed by atoms with E-state index < -0.39 is 12.0 Å². The highest BCUT2D eigenvalue weighted by atomic mass is 35.5. The molecular formula is C18H18ClN3O3S. The van der Waals surface area contributed by atoms with Crippen LogP contribution in [-0.2, 0) is 16.6 Å². The lowest BCUT2D eigenvalue weighted by Crippen LogP contribution is -2.30. The summed E-state index contributed by atoms with van der Waals surface area (Å²) in [6.07, 6.45) is 0.0371. The lowest BCUT2D eigenvalue weighted by atomic mass is 10.0. The summed E-state index contributed by atoms with van der Waals surface area (Å²) in [5.74, 6) is -0.643. The third-order valence-electron chi connectivity index (χ3n) is 4.10. The molecule has 0 bridgehead atoms. The first-order valence-corrected chi connectivity index (χ1v) is 9.14. The highest BCUT2D eigenvalue weighted by molar-refractivity contribution is 7.20. The maximum absolute atomic E-state index is 12.7. The summed E-state index contributed by atoms with van der Waals surface area (Å²) in [4.78, 5) is 26.0. The zero-order valence-electron chi connectivity index (χ0n) is 14.6. The van der Waals surface area contributed by atoms with Crippen molar-refractivity contribution in [3.05, 3.63) is 51.5 Å². The summed E-state index contributed by atoms with van der Waals surface area (Å²) < 4.78 is 6.52. The Hall–Kier alpha value is -2.38. The standard InChI is InChI=1S/C18H18ClN3O3S/c1-10-13-8-15(26-18(13)22(2)21-10)17(24)20-14(9-16(23)25-3)11-4-6-12(19)7-5-11/h4-8,14H,9H2,1-3H3,(H,20,24)/t14-/m1/s1. The smallest absolute Gasteiger partial charge is 0.307 e. The van der Waals surface area contributed by atoms with Crippen molar-refractivity contribution in [1.29, 1.82) is 0 Å². The molecule has 2 heterocycles. The molecule has 3 aromatic rings. The first-order chi connectivity index (χ1) is 12.4. The number of rotatable bonds is 5. The number of aromatic nitrogens is 2. The second-order valence-corrected chi connectivity index (χ2v) is 7.36. The van der Waals surface area contributed by atoms with Crippen molar-refractivity contribution in [2.75, 3.05) is 7.11 Å². The number of benzene rings is 1. The topological polar surface area (TPSA) is 73.2 Å². The van der Waals surface area contributed by atoms with Crippen LogP contribution in [0.4, 0.5) is 0 Å². The molecule has 6 nitrogen and oxygen atoms in total. The maximum Gasteiger partial charge on any atom is 0.307 e. The SMILES string of the molecule is COC(=O)C[C@@H](NC(=O)c1cc2c(C)nn(C)c2s1)c1ccc(Cl)cc1. The summed E-state index contributed by atoms with van der Waals surface area (Å²) in [6.45, 7) is 1.91. The number of carbonyl (C=O) groups is 2. The Morgan fingerprint density at radius 1 is 1.35 bits per heavy atom. The average molecular weight is 392 g/mol. The Morgan fingerprint density at radius 3 is 2.65 bits per heavy atom. The number of nitrogens with zero attached hydrogens (tertiary/aromatic N) is 2. The Balaban J connectivity index is 1.86. The second-order valence-electron chi connectivity index (χ2n) is 5.90. The minimum Gasteiger partial charge on any atom is -0.469 e. The third-order valence-corrected chi connectivity index (χ3v) is 5.55. The number of fused-ring (bicyclic) bond motifs is 1. The Bertz CT molecular complexity index is 928. The fourth-order valence-corrected chi connectivity index (χ4v) is 3.90. The van der Waals surface area contributed by atoms with Gasteiger partial charge in [-0.25, -0.2) is 0 Å². The molecule has 3 rings (SSSR count). The quantitative estimate of drug-likeness (QED) is 0.674. The maximum atomic E-state index is 12.7. The minimum absolute atomic E-state index is 0.0371.